The zero-order valence-electron chi connectivity index (χ0n) is 22.8. The summed E-state index contributed by atoms with van der Waals surface area (Å²) < 4.78 is 27.9. The predicted octanol–water partition coefficient (Wildman–Crippen LogP) is 5.48. The first-order valence-electron chi connectivity index (χ1n) is 12.8. The second kappa shape index (κ2) is 12.3. The van der Waals surface area contributed by atoms with Crippen LogP contribution in [0.2, 0.25) is 0 Å². The van der Waals surface area contributed by atoms with Gasteiger partial charge in [0.25, 0.3) is 0 Å². The molecule has 0 spiro atoms. The topological polar surface area (TPSA) is 134 Å². The van der Waals surface area contributed by atoms with Crippen molar-refractivity contribution in [2.75, 3.05) is 21.0 Å². The lowest BCUT2D eigenvalue weighted by molar-refractivity contribution is -0.132. The Morgan fingerprint density at radius 2 is 1.69 bits per heavy atom. The Bertz CT molecular complexity index is 1680. The molecule has 3 aromatic carbocycles. The van der Waals surface area contributed by atoms with Gasteiger partial charge in [0.05, 0.1) is 19.8 Å². The van der Waals surface area contributed by atoms with E-state index in [1.54, 1.807) is 73.1 Å². The average molecular weight is 570 g/mol. The SMILES string of the molecule is COc1ccc(-c2ccncc2/C=C(\Cc2cc3c(cc2OC)OCO3)C(=O)O)c(OCc2ccccc2C(=O)O)c1. The average Bonchev–Trinajstić information content (AvgIpc) is 3.46. The lowest BCUT2D eigenvalue weighted by Crippen LogP contribution is -2.06. The van der Waals surface area contributed by atoms with Crippen molar-refractivity contribution in [3.05, 3.63) is 101 Å². The maximum Gasteiger partial charge on any atom is 0.336 e. The van der Waals surface area contributed by atoms with Crippen LogP contribution in [0.3, 0.4) is 0 Å². The molecular weight excluding hydrogens is 542 g/mol. The van der Waals surface area contributed by atoms with E-state index >= 15 is 0 Å². The molecule has 1 aromatic heterocycles. The molecule has 0 saturated heterocycles. The zero-order valence-corrected chi connectivity index (χ0v) is 22.8. The summed E-state index contributed by atoms with van der Waals surface area (Å²) in [5.41, 5.74) is 3.18. The minimum Gasteiger partial charge on any atom is -0.497 e. The van der Waals surface area contributed by atoms with Crippen LogP contribution < -0.4 is 23.7 Å². The van der Waals surface area contributed by atoms with Crippen LogP contribution in [0.1, 0.15) is 27.0 Å². The van der Waals surface area contributed by atoms with Crippen molar-refractivity contribution >= 4 is 18.0 Å². The van der Waals surface area contributed by atoms with Gasteiger partial charge in [0.2, 0.25) is 6.79 Å². The molecule has 0 saturated carbocycles. The number of nitrogens with zero attached hydrogens (tertiary/aromatic N) is 1. The third-order valence-corrected chi connectivity index (χ3v) is 6.72. The van der Waals surface area contributed by atoms with E-state index in [0.717, 1.165) is 0 Å². The normalized spacial score (nSPS) is 12.1. The van der Waals surface area contributed by atoms with E-state index in [-0.39, 0.29) is 31.0 Å². The first kappa shape index (κ1) is 28.0. The fourth-order valence-electron chi connectivity index (χ4n) is 4.62. The number of benzene rings is 3. The van der Waals surface area contributed by atoms with Crippen molar-refractivity contribution in [3.8, 4) is 39.9 Å². The molecule has 0 atom stereocenters. The van der Waals surface area contributed by atoms with E-state index in [9.17, 15) is 19.8 Å². The maximum atomic E-state index is 12.4. The lowest BCUT2D eigenvalue weighted by atomic mass is 9.96. The van der Waals surface area contributed by atoms with Crippen LogP contribution >= 0.6 is 0 Å². The smallest absolute Gasteiger partial charge is 0.336 e. The van der Waals surface area contributed by atoms with Crippen molar-refractivity contribution < 1.29 is 43.5 Å². The molecule has 4 aromatic rings. The van der Waals surface area contributed by atoms with Crippen molar-refractivity contribution in [3.63, 3.8) is 0 Å². The van der Waals surface area contributed by atoms with Crippen LogP contribution in [0.25, 0.3) is 17.2 Å². The molecule has 0 amide bonds. The maximum absolute atomic E-state index is 12.4. The number of carbonyl (C=O) groups is 2. The highest BCUT2D eigenvalue weighted by Crippen LogP contribution is 2.40. The molecule has 1 aliphatic heterocycles. The summed E-state index contributed by atoms with van der Waals surface area (Å²) in [7, 11) is 3.03. The van der Waals surface area contributed by atoms with Gasteiger partial charge in [-0.2, -0.15) is 0 Å². The standard InChI is InChI=1S/C32H27NO9/c1-38-23-7-8-26(28(14-23)40-17-19-5-3-4-6-25(19)32(36)37)24-9-10-33-16-22(24)12-21(31(34)35)11-20-13-29-30(42-18-41-29)15-27(20)39-2/h3-10,12-16H,11,17-18H2,1-2H3,(H,34,35)(H,36,37)/b21-12+. The highest BCUT2D eigenvalue weighted by Gasteiger charge is 2.21. The van der Waals surface area contributed by atoms with Gasteiger partial charge in [0.1, 0.15) is 23.9 Å². The van der Waals surface area contributed by atoms with Crippen LogP contribution in [0.15, 0.2) is 78.6 Å². The molecule has 1 aliphatic rings. The Morgan fingerprint density at radius 1 is 0.905 bits per heavy atom. The molecule has 2 heterocycles. The Balaban J connectivity index is 1.52. The van der Waals surface area contributed by atoms with Gasteiger partial charge in [-0.25, -0.2) is 9.59 Å². The summed E-state index contributed by atoms with van der Waals surface area (Å²) in [6.45, 7) is 0.0694. The summed E-state index contributed by atoms with van der Waals surface area (Å²) >= 11 is 0. The first-order chi connectivity index (χ1) is 20.4. The lowest BCUT2D eigenvalue weighted by Gasteiger charge is -2.16. The van der Waals surface area contributed by atoms with Gasteiger partial charge in [-0.05, 0) is 42.0 Å². The van der Waals surface area contributed by atoms with E-state index in [0.29, 0.717) is 56.6 Å². The number of aromatic carboxylic acids is 1. The van der Waals surface area contributed by atoms with E-state index in [1.165, 1.54) is 20.3 Å². The van der Waals surface area contributed by atoms with Gasteiger partial charge < -0.3 is 33.9 Å². The van der Waals surface area contributed by atoms with Crippen molar-refractivity contribution in [2.45, 2.75) is 13.0 Å². The van der Waals surface area contributed by atoms with Crippen LogP contribution in [-0.4, -0.2) is 48.1 Å². The molecule has 0 bridgehead atoms. The van der Waals surface area contributed by atoms with Crippen molar-refractivity contribution in [1.29, 1.82) is 0 Å². The molecular formula is C32H27NO9. The van der Waals surface area contributed by atoms with Gasteiger partial charge in [0, 0.05) is 58.8 Å². The molecule has 0 fully saturated rings. The highest BCUT2D eigenvalue weighted by atomic mass is 16.7. The number of aliphatic carboxylic acids is 1. The Kier molecular flexibility index (Phi) is 8.24. The second-order valence-electron chi connectivity index (χ2n) is 9.24. The number of aromatic nitrogens is 1. The van der Waals surface area contributed by atoms with Gasteiger partial charge in [0.15, 0.2) is 11.5 Å². The number of rotatable bonds is 11. The van der Waals surface area contributed by atoms with E-state index in [1.807, 2.05) is 0 Å². The molecule has 0 aliphatic carbocycles. The van der Waals surface area contributed by atoms with Crippen LogP contribution in [-0.2, 0) is 17.8 Å². The molecule has 10 heteroatoms. The van der Waals surface area contributed by atoms with Crippen molar-refractivity contribution in [2.24, 2.45) is 0 Å². The molecule has 2 N–H and O–H groups in total. The molecule has 42 heavy (non-hydrogen) atoms. The molecule has 0 radical (unpaired) electrons. The third-order valence-electron chi connectivity index (χ3n) is 6.72. The molecule has 5 rings (SSSR count). The van der Waals surface area contributed by atoms with Gasteiger partial charge >= 0.3 is 11.9 Å². The van der Waals surface area contributed by atoms with Crippen LogP contribution in [0.5, 0.6) is 28.7 Å². The molecule has 214 valence electrons. The molecule has 0 unspecified atom stereocenters. The number of methoxy groups -OCH3 is 2. The summed E-state index contributed by atoms with van der Waals surface area (Å²) in [5.74, 6) is 0.316. The summed E-state index contributed by atoms with van der Waals surface area (Å²) in [4.78, 5) is 28.3. The fourth-order valence-corrected chi connectivity index (χ4v) is 4.62. The van der Waals surface area contributed by atoms with Crippen LogP contribution in [0, 0.1) is 0 Å². The number of pyridine rings is 1. The summed E-state index contributed by atoms with van der Waals surface area (Å²) in [6, 6.07) is 17.0. The van der Waals surface area contributed by atoms with Gasteiger partial charge in [-0.1, -0.05) is 18.2 Å². The monoisotopic (exact) mass is 569 g/mol. The van der Waals surface area contributed by atoms with E-state index in [2.05, 4.69) is 4.98 Å². The number of hydrogen-bond acceptors (Lipinski definition) is 8. The predicted molar refractivity (Wildman–Crippen MR) is 152 cm³/mol. The fraction of sp³-hybridized carbons (Fsp3) is 0.156. The zero-order chi connectivity index (χ0) is 29.6. The largest absolute Gasteiger partial charge is 0.497 e. The second-order valence-corrected chi connectivity index (χ2v) is 9.24. The quantitative estimate of drug-likeness (QED) is 0.224. The van der Waals surface area contributed by atoms with Gasteiger partial charge in [-0.15, -0.1) is 0 Å². The van der Waals surface area contributed by atoms with E-state index in [4.69, 9.17) is 23.7 Å². The van der Waals surface area contributed by atoms with Crippen LogP contribution in [0.4, 0.5) is 0 Å². The minimum atomic E-state index is -1.11. The molecule has 10 nitrogen and oxygen atoms in total. The number of carboxylic acids is 2. The number of fused-ring (bicyclic) bond motifs is 1. The first-order valence-corrected chi connectivity index (χ1v) is 12.8. The number of ether oxygens (including phenoxy) is 5. The summed E-state index contributed by atoms with van der Waals surface area (Å²) in [5, 5.41) is 19.7. The Morgan fingerprint density at radius 3 is 2.43 bits per heavy atom. The minimum absolute atomic E-state index is 0.0107. The number of hydrogen-bond donors (Lipinski definition) is 2. The summed E-state index contributed by atoms with van der Waals surface area (Å²) in [6.07, 6.45) is 4.77. The third kappa shape index (κ3) is 5.97. The Hall–Kier alpha value is -5.51. The number of carboxylic acid groups (broad SMARTS) is 2. The van der Waals surface area contributed by atoms with Gasteiger partial charge in [-0.3, -0.25) is 4.98 Å². The Labute approximate surface area is 241 Å². The highest BCUT2D eigenvalue weighted by molar-refractivity contribution is 5.95. The van der Waals surface area contributed by atoms with Crippen molar-refractivity contribution in [1.82, 2.24) is 4.98 Å². The van der Waals surface area contributed by atoms with E-state index < -0.39 is 11.9 Å².